The molecule has 128 valence electrons. The molecule has 0 atom stereocenters. The van der Waals surface area contributed by atoms with Crippen LogP contribution in [-0.4, -0.2) is 25.7 Å². The molecule has 0 fully saturated rings. The highest BCUT2D eigenvalue weighted by atomic mass is 79.9. The molecule has 0 saturated carbocycles. The second-order valence-electron chi connectivity index (χ2n) is 5.33. The summed E-state index contributed by atoms with van der Waals surface area (Å²) in [5.41, 5.74) is 1.31. The standard InChI is InChI=1S/C19H22BrNO3/c1-2-3-15-4-8-17(9-5-15)23-13-12-21-19(22)14-24-18-10-6-16(20)7-11-18/h4-11H,2-3,12-14H2,1H3,(H,21,22). The number of halogens is 1. The van der Waals surface area contributed by atoms with Gasteiger partial charge in [-0.2, -0.15) is 0 Å². The Morgan fingerprint density at radius 2 is 1.62 bits per heavy atom. The number of rotatable bonds is 9. The Bertz CT molecular complexity index is 626. The fourth-order valence-corrected chi connectivity index (χ4v) is 2.40. The zero-order chi connectivity index (χ0) is 17.2. The van der Waals surface area contributed by atoms with Crippen molar-refractivity contribution in [2.45, 2.75) is 19.8 Å². The van der Waals surface area contributed by atoms with Crippen LogP contribution in [0.25, 0.3) is 0 Å². The molecule has 2 aromatic rings. The smallest absolute Gasteiger partial charge is 0.258 e. The summed E-state index contributed by atoms with van der Waals surface area (Å²) in [5, 5.41) is 2.77. The van der Waals surface area contributed by atoms with Gasteiger partial charge in [0.15, 0.2) is 6.61 Å². The Balaban J connectivity index is 1.61. The summed E-state index contributed by atoms with van der Waals surface area (Å²) in [7, 11) is 0. The van der Waals surface area contributed by atoms with Crippen molar-refractivity contribution in [1.29, 1.82) is 0 Å². The molecule has 0 heterocycles. The zero-order valence-corrected chi connectivity index (χ0v) is 15.3. The minimum Gasteiger partial charge on any atom is -0.492 e. The minimum absolute atomic E-state index is 0.00660. The van der Waals surface area contributed by atoms with Gasteiger partial charge in [-0.15, -0.1) is 0 Å². The van der Waals surface area contributed by atoms with E-state index in [9.17, 15) is 4.79 Å². The lowest BCUT2D eigenvalue weighted by Gasteiger charge is -2.09. The predicted molar refractivity (Wildman–Crippen MR) is 98.6 cm³/mol. The Labute approximate surface area is 151 Å². The van der Waals surface area contributed by atoms with Crippen molar-refractivity contribution in [3.63, 3.8) is 0 Å². The van der Waals surface area contributed by atoms with E-state index in [-0.39, 0.29) is 12.5 Å². The molecule has 1 N–H and O–H groups in total. The second-order valence-corrected chi connectivity index (χ2v) is 6.25. The molecule has 24 heavy (non-hydrogen) atoms. The van der Waals surface area contributed by atoms with Crippen molar-refractivity contribution in [3.8, 4) is 11.5 Å². The van der Waals surface area contributed by atoms with Crippen LogP contribution < -0.4 is 14.8 Å². The van der Waals surface area contributed by atoms with E-state index in [1.165, 1.54) is 5.56 Å². The monoisotopic (exact) mass is 391 g/mol. The zero-order valence-electron chi connectivity index (χ0n) is 13.8. The third-order valence-electron chi connectivity index (χ3n) is 3.34. The quantitative estimate of drug-likeness (QED) is 0.657. The van der Waals surface area contributed by atoms with E-state index in [1.807, 2.05) is 36.4 Å². The lowest BCUT2D eigenvalue weighted by atomic mass is 10.1. The fraction of sp³-hybridized carbons (Fsp3) is 0.316. The molecule has 0 bridgehead atoms. The number of carbonyl (C=O) groups is 1. The van der Waals surface area contributed by atoms with Gasteiger partial charge in [-0.1, -0.05) is 41.4 Å². The van der Waals surface area contributed by atoms with E-state index >= 15 is 0 Å². The summed E-state index contributed by atoms with van der Waals surface area (Å²) in [6.07, 6.45) is 2.21. The average Bonchev–Trinajstić information content (AvgIpc) is 2.60. The Kier molecular flexibility index (Phi) is 7.62. The van der Waals surface area contributed by atoms with Gasteiger partial charge in [0.2, 0.25) is 0 Å². The molecule has 2 rings (SSSR count). The first-order valence-electron chi connectivity index (χ1n) is 8.04. The van der Waals surface area contributed by atoms with Crippen LogP contribution in [-0.2, 0) is 11.2 Å². The molecule has 4 nitrogen and oxygen atoms in total. The number of nitrogens with one attached hydrogen (secondary N) is 1. The maximum absolute atomic E-state index is 11.7. The molecule has 0 aliphatic heterocycles. The van der Waals surface area contributed by atoms with Crippen LogP contribution in [0.3, 0.4) is 0 Å². The van der Waals surface area contributed by atoms with Crippen molar-refractivity contribution >= 4 is 21.8 Å². The van der Waals surface area contributed by atoms with Gasteiger partial charge in [-0.3, -0.25) is 4.79 Å². The molecule has 0 aliphatic rings. The highest BCUT2D eigenvalue weighted by Gasteiger charge is 2.02. The van der Waals surface area contributed by atoms with Crippen molar-refractivity contribution in [2.24, 2.45) is 0 Å². The number of amides is 1. The molecule has 0 spiro atoms. The Hall–Kier alpha value is -2.01. The summed E-state index contributed by atoms with van der Waals surface area (Å²) in [5.74, 6) is 1.31. The average molecular weight is 392 g/mol. The van der Waals surface area contributed by atoms with Crippen LogP contribution in [0, 0.1) is 0 Å². The first-order chi connectivity index (χ1) is 11.7. The van der Waals surface area contributed by atoms with E-state index in [4.69, 9.17) is 9.47 Å². The van der Waals surface area contributed by atoms with Crippen LogP contribution in [0.15, 0.2) is 53.0 Å². The van der Waals surface area contributed by atoms with E-state index in [2.05, 4.69) is 40.3 Å². The maximum Gasteiger partial charge on any atom is 0.258 e. The van der Waals surface area contributed by atoms with Crippen LogP contribution in [0.1, 0.15) is 18.9 Å². The molecule has 0 saturated heterocycles. The maximum atomic E-state index is 11.7. The topological polar surface area (TPSA) is 47.6 Å². The first-order valence-corrected chi connectivity index (χ1v) is 8.83. The number of hydrogen-bond donors (Lipinski definition) is 1. The highest BCUT2D eigenvalue weighted by Crippen LogP contribution is 2.16. The van der Waals surface area contributed by atoms with Crippen molar-refractivity contribution < 1.29 is 14.3 Å². The van der Waals surface area contributed by atoms with Crippen LogP contribution >= 0.6 is 15.9 Å². The molecule has 1 amide bonds. The van der Waals surface area contributed by atoms with Gasteiger partial charge >= 0.3 is 0 Å². The van der Waals surface area contributed by atoms with Crippen LogP contribution in [0.5, 0.6) is 11.5 Å². The molecular formula is C19H22BrNO3. The summed E-state index contributed by atoms with van der Waals surface area (Å²) >= 11 is 3.35. The fourth-order valence-electron chi connectivity index (χ4n) is 2.13. The SMILES string of the molecule is CCCc1ccc(OCCNC(=O)COc2ccc(Br)cc2)cc1. The third kappa shape index (κ3) is 6.62. The minimum atomic E-state index is -0.167. The van der Waals surface area contributed by atoms with Gasteiger partial charge in [0.1, 0.15) is 18.1 Å². The summed E-state index contributed by atoms with van der Waals surface area (Å²) in [6, 6.07) is 15.4. The van der Waals surface area contributed by atoms with E-state index in [1.54, 1.807) is 0 Å². The lowest BCUT2D eigenvalue weighted by molar-refractivity contribution is -0.123. The highest BCUT2D eigenvalue weighted by molar-refractivity contribution is 9.10. The number of ether oxygens (including phenoxy) is 2. The summed E-state index contributed by atoms with van der Waals surface area (Å²) in [4.78, 5) is 11.7. The first kappa shape index (κ1) is 18.3. The van der Waals surface area contributed by atoms with Gasteiger partial charge in [-0.05, 0) is 48.4 Å². The summed E-state index contributed by atoms with van der Waals surface area (Å²) < 4.78 is 12.0. The van der Waals surface area contributed by atoms with Crippen molar-refractivity contribution in [3.05, 3.63) is 58.6 Å². The van der Waals surface area contributed by atoms with Gasteiger partial charge in [0, 0.05) is 4.47 Å². The second kappa shape index (κ2) is 9.98. The Morgan fingerprint density at radius 3 is 2.29 bits per heavy atom. The van der Waals surface area contributed by atoms with E-state index in [0.29, 0.717) is 18.9 Å². The van der Waals surface area contributed by atoms with Crippen molar-refractivity contribution in [2.75, 3.05) is 19.8 Å². The Morgan fingerprint density at radius 1 is 1.00 bits per heavy atom. The largest absolute Gasteiger partial charge is 0.492 e. The number of hydrogen-bond acceptors (Lipinski definition) is 3. The van der Waals surface area contributed by atoms with E-state index in [0.717, 1.165) is 23.1 Å². The number of carbonyl (C=O) groups excluding carboxylic acids is 1. The van der Waals surface area contributed by atoms with Crippen molar-refractivity contribution in [1.82, 2.24) is 5.32 Å². The molecular weight excluding hydrogens is 370 g/mol. The number of benzene rings is 2. The lowest BCUT2D eigenvalue weighted by Crippen LogP contribution is -2.32. The molecule has 5 heteroatoms. The number of aryl methyl sites for hydroxylation is 1. The normalized spacial score (nSPS) is 10.2. The van der Waals surface area contributed by atoms with Gasteiger partial charge in [-0.25, -0.2) is 0 Å². The van der Waals surface area contributed by atoms with Crippen LogP contribution in [0.4, 0.5) is 0 Å². The molecule has 0 radical (unpaired) electrons. The molecule has 2 aromatic carbocycles. The third-order valence-corrected chi connectivity index (χ3v) is 3.87. The summed E-state index contributed by atoms with van der Waals surface area (Å²) in [6.45, 7) is 3.03. The van der Waals surface area contributed by atoms with Gasteiger partial charge in [0.25, 0.3) is 5.91 Å². The van der Waals surface area contributed by atoms with Crippen LogP contribution in [0.2, 0.25) is 0 Å². The molecule has 0 unspecified atom stereocenters. The molecule has 0 aromatic heterocycles. The molecule has 0 aliphatic carbocycles. The van der Waals surface area contributed by atoms with E-state index < -0.39 is 0 Å². The van der Waals surface area contributed by atoms with Gasteiger partial charge < -0.3 is 14.8 Å². The predicted octanol–water partition coefficient (Wildman–Crippen LogP) is 3.98. The van der Waals surface area contributed by atoms with Gasteiger partial charge in [0.05, 0.1) is 6.54 Å².